The second-order valence-electron chi connectivity index (χ2n) is 5.29. The van der Waals surface area contributed by atoms with Gasteiger partial charge in [-0.2, -0.15) is 0 Å². The van der Waals surface area contributed by atoms with Crippen molar-refractivity contribution in [3.8, 4) is 0 Å². The number of fused-ring (bicyclic) bond motifs is 2. The number of hydrogen-bond donors (Lipinski definition) is 2. The average molecular weight is 254 g/mol. The van der Waals surface area contributed by atoms with Gasteiger partial charge in [-0.15, -0.1) is 0 Å². The molecule has 4 nitrogen and oxygen atoms in total. The van der Waals surface area contributed by atoms with Gasteiger partial charge in [0.25, 0.3) is 0 Å². The normalized spacial score (nSPS) is 34.5. The number of aliphatic carboxylic acids is 1. The van der Waals surface area contributed by atoms with Crippen molar-refractivity contribution < 1.29 is 19.7 Å². The van der Waals surface area contributed by atoms with E-state index in [1.807, 2.05) is 0 Å². The van der Waals surface area contributed by atoms with Crippen LogP contribution in [0.1, 0.15) is 38.5 Å². The van der Waals surface area contributed by atoms with E-state index in [-0.39, 0.29) is 19.1 Å². The first-order valence-corrected chi connectivity index (χ1v) is 6.85. The third-order valence-corrected chi connectivity index (χ3v) is 4.14. The number of aliphatic hydroxyl groups is 1. The zero-order chi connectivity index (χ0) is 13.0. The number of carboxylic acid groups (broad SMARTS) is 1. The van der Waals surface area contributed by atoms with Crippen molar-refractivity contribution in [2.45, 2.75) is 50.7 Å². The fraction of sp³-hybridized carbons (Fsp3) is 0.786. The van der Waals surface area contributed by atoms with Crippen molar-refractivity contribution in [1.82, 2.24) is 0 Å². The van der Waals surface area contributed by atoms with Crippen LogP contribution >= 0.6 is 0 Å². The summed E-state index contributed by atoms with van der Waals surface area (Å²) in [6, 6.07) is 0. The molecule has 2 heterocycles. The fourth-order valence-corrected chi connectivity index (χ4v) is 3.19. The van der Waals surface area contributed by atoms with Crippen LogP contribution < -0.4 is 0 Å². The lowest BCUT2D eigenvalue weighted by Gasteiger charge is -2.25. The number of aliphatic hydroxyl groups excluding tert-OH is 1. The van der Waals surface area contributed by atoms with Gasteiger partial charge in [0.05, 0.1) is 12.2 Å². The van der Waals surface area contributed by atoms with E-state index in [1.165, 1.54) is 0 Å². The Balaban J connectivity index is 1.69. The molecule has 4 atom stereocenters. The van der Waals surface area contributed by atoms with Gasteiger partial charge in [-0.25, -0.2) is 0 Å². The molecule has 0 aromatic carbocycles. The standard InChI is InChI=1S/C14H22O4/c15-9-11-10(12-7-8-13(11)18-12)5-3-1-2-4-6-14(16)17/h1,3,10-13,15H,2,4-9H2,(H,16,17)/b3-1+. The number of carboxylic acids is 1. The first kappa shape index (κ1) is 13.6. The lowest BCUT2D eigenvalue weighted by atomic mass is 9.78. The highest BCUT2D eigenvalue weighted by Gasteiger charge is 2.47. The van der Waals surface area contributed by atoms with Crippen molar-refractivity contribution in [2.75, 3.05) is 6.61 Å². The Morgan fingerprint density at radius 1 is 1.22 bits per heavy atom. The minimum atomic E-state index is -0.731. The minimum absolute atomic E-state index is 0.221. The van der Waals surface area contributed by atoms with Crippen molar-refractivity contribution in [3.63, 3.8) is 0 Å². The lowest BCUT2D eigenvalue weighted by Crippen LogP contribution is -2.29. The first-order chi connectivity index (χ1) is 8.72. The van der Waals surface area contributed by atoms with Crippen LogP contribution in [0.2, 0.25) is 0 Å². The highest BCUT2D eigenvalue weighted by atomic mass is 16.5. The van der Waals surface area contributed by atoms with Gasteiger partial charge < -0.3 is 14.9 Å². The van der Waals surface area contributed by atoms with E-state index in [9.17, 15) is 9.90 Å². The summed E-state index contributed by atoms with van der Waals surface area (Å²) in [6.45, 7) is 0.221. The zero-order valence-corrected chi connectivity index (χ0v) is 10.6. The molecule has 4 heteroatoms. The monoisotopic (exact) mass is 254 g/mol. The molecule has 0 aromatic rings. The van der Waals surface area contributed by atoms with E-state index in [2.05, 4.69) is 12.2 Å². The number of allylic oxidation sites excluding steroid dienone is 2. The minimum Gasteiger partial charge on any atom is -0.481 e. The van der Waals surface area contributed by atoms with Crippen molar-refractivity contribution in [3.05, 3.63) is 12.2 Å². The van der Waals surface area contributed by atoms with E-state index in [1.54, 1.807) is 0 Å². The Labute approximate surface area is 108 Å². The Bertz CT molecular complexity index is 313. The average Bonchev–Trinajstić information content (AvgIpc) is 2.93. The third-order valence-electron chi connectivity index (χ3n) is 4.14. The molecule has 2 aliphatic heterocycles. The van der Waals surface area contributed by atoms with Crippen LogP contribution in [-0.2, 0) is 9.53 Å². The molecule has 2 bridgehead atoms. The van der Waals surface area contributed by atoms with Gasteiger partial charge in [-0.05, 0) is 38.0 Å². The SMILES string of the molecule is O=C(O)CCC/C=C/CC1C2CCC(O2)C1CO. The van der Waals surface area contributed by atoms with Crippen molar-refractivity contribution in [1.29, 1.82) is 0 Å². The summed E-state index contributed by atoms with van der Waals surface area (Å²) in [5, 5.41) is 17.9. The predicted octanol–water partition coefficient (Wildman–Crippen LogP) is 1.97. The molecule has 0 amide bonds. The second kappa shape index (κ2) is 6.34. The molecular weight excluding hydrogens is 232 g/mol. The van der Waals surface area contributed by atoms with Gasteiger partial charge >= 0.3 is 5.97 Å². The Morgan fingerprint density at radius 3 is 2.61 bits per heavy atom. The van der Waals surface area contributed by atoms with Crippen LogP contribution in [0.15, 0.2) is 12.2 Å². The molecule has 2 saturated heterocycles. The molecule has 0 aromatic heterocycles. The largest absolute Gasteiger partial charge is 0.481 e. The van der Waals surface area contributed by atoms with Crippen LogP contribution in [0, 0.1) is 11.8 Å². The van der Waals surface area contributed by atoms with E-state index in [0.29, 0.717) is 24.4 Å². The number of carbonyl (C=O) groups is 1. The van der Waals surface area contributed by atoms with Gasteiger partial charge in [-0.1, -0.05) is 12.2 Å². The van der Waals surface area contributed by atoms with Crippen LogP contribution in [0.4, 0.5) is 0 Å². The molecule has 2 fully saturated rings. The molecule has 0 spiro atoms. The third kappa shape index (κ3) is 3.12. The van der Waals surface area contributed by atoms with E-state index < -0.39 is 5.97 Å². The molecular formula is C14H22O4. The maximum atomic E-state index is 10.3. The summed E-state index contributed by atoms with van der Waals surface area (Å²) >= 11 is 0. The summed E-state index contributed by atoms with van der Waals surface area (Å²) in [4.78, 5) is 10.3. The second-order valence-corrected chi connectivity index (χ2v) is 5.29. The molecule has 4 unspecified atom stereocenters. The lowest BCUT2D eigenvalue weighted by molar-refractivity contribution is -0.137. The molecule has 2 rings (SSSR count). The summed E-state index contributed by atoms with van der Waals surface area (Å²) < 4.78 is 5.83. The van der Waals surface area contributed by atoms with Gasteiger partial charge in [0.15, 0.2) is 0 Å². The van der Waals surface area contributed by atoms with Gasteiger partial charge in [0, 0.05) is 18.9 Å². The molecule has 0 radical (unpaired) electrons. The Kier molecular flexibility index (Phi) is 4.78. The molecule has 18 heavy (non-hydrogen) atoms. The highest BCUT2D eigenvalue weighted by molar-refractivity contribution is 5.66. The topological polar surface area (TPSA) is 66.8 Å². The quantitative estimate of drug-likeness (QED) is 0.538. The molecule has 2 aliphatic rings. The molecule has 0 saturated carbocycles. The van der Waals surface area contributed by atoms with E-state index >= 15 is 0 Å². The fourth-order valence-electron chi connectivity index (χ4n) is 3.19. The summed E-state index contributed by atoms with van der Waals surface area (Å²) in [6.07, 6.45) is 9.69. The van der Waals surface area contributed by atoms with Crippen LogP contribution in [0.25, 0.3) is 0 Å². The van der Waals surface area contributed by atoms with Crippen molar-refractivity contribution in [2.24, 2.45) is 11.8 Å². The van der Waals surface area contributed by atoms with Crippen LogP contribution in [0.3, 0.4) is 0 Å². The number of ether oxygens (including phenoxy) is 1. The van der Waals surface area contributed by atoms with Crippen LogP contribution in [0.5, 0.6) is 0 Å². The Hall–Kier alpha value is -0.870. The maximum Gasteiger partial charge on any atom is 0.303 e. The van der Waals surface area contributed by atoms with Gasteiger partial charge in [-0.3, -0.25) is 4.79 Å². The molecule has 102 valence electrons. The maximum absolute atomic E-state index is 10.3. The van der Waals surface area contributed by atoms with Gasteiger partial charge in [0.1, 0.15) is 0 Å². The highest BCUT2D eigenvalue weighted by Crippen LogP contribution is 2.44. The summed E-state index contributed by atoms with van der Waals surface area (Å²) in [7, 11) is 0. The smallest absolute Gasteiger partial charge is 0.303 e. The number of hydrogen-bond acceptors (Lipinski definition) is 3. The molecule has 2 N–H and O–H groups in total. The number of rotatable bonds is 7. The first-order valence-electron chi connectivity index (χ1n) is 6.85. The summed E-state index contributed by atoms with van der Waals surface area (Å²) in [5.41, 5.74) is 0. The predicted molar refractivity (Wildman–Crippen MR) is 67.2 cm³/mol. The van der Waals surface area contributed by atoms with Crippen molar-refractivity contribution >= 4 is 5.97 Å². The van der Waals surface area contributed by atoms with Gasteiger partial charge in [0.2, 0.25) is 0 Å². The number of unbranched alkanes of at least 4 members (excludes halogenated alkanes) is 1. The molecule has 0 aliphatic carbocycles. The zero-order valence-electron chi connectivity index (χ0n) is 10.6. The van der Waals surface area contributed by atoms with E-state index in [4.69, 9.17) is 9.84 Å². The van der Waals surface area contributed by atoms with E-state index in [0.717, 1.165) is 25.7 Å². The van der Waals surface area contributed by atoms with Crippen LogP contribution in [-0.4, -0.2) is 35.0 Å². The summed E-state index contributed by atoms with van der Waals surface area (Å²) in [5.74, 6) is 0.0159. The Morgan fingerprint density at radius 2 is 1.94 bits per heavy atom.